The Bertz CT molecular complexity index is 377. The highest BCUT2D eigenvalue weighted by atomic mass is 35.5. The van der Waals surface area contributed by atoms with Crippen LogP contribution in [0, 0.1) is 11.8 Å². The second-order valence-corrected chi connectivity index (χ2v) is 6.47. The summed E-state index contributed by atoms with van der Waals surface area (Å²) in [5.74, 6) is 1.37. The van der Waals surface area contributed by atoms with E-state index in [9.17, 15) is 0 Å². The van der Waals surface area contributed by atoms with Gasteiger partial charge in [0.25, 0.3) is 0 Å². The van der Waals surface area contributed by atoms with Crippen molar-refractivity contribution in [2.75, 3.05) is 13.1 Å². The van der Waals surface area contributed by atoms with Gasteiger partial charge in [-0.15, -0.1) is 0 Å². The number of benzene rings is 1. The van der Waals surface area contributed by atoms with Gasteiger partial charge in [0, 0.05) is 0 Å². The van der Waals surface area contributed by atoms with Gasteiger partial charge in [-0.25, -0.2) is 0 Å². The minimum atomic E-state index is 0.635. The van der Waals surface area contributed by atoms with Crippen LogP contribution in [-0.4, -0.2) is 13.1 Å². The average Bonchev–Trinajstić information content (AvgIpc) is 2.33. The van der Waals surface area contributed by atoms with Crippen LogP contribution in [0.25, 0.3) is 0 Å². The highest BCUT2D eigenvalue weighted by Gasteiger charge is 2.10. The van der Waals surface area contributed by atoms with Crippen molar-refractivity contribution in [1.82, 2.24) is 5.32 Å². The van der Waals surface area contributed by atoms with Gasteiger partial charge in [-0.1, -0.05) is 56.5 Å². The van der Waals surface area contributed by atoms with Gasteiger partial charge in [-0.2, -0.15) is 0 Å². The van der Waals surface area contributed by atoms with Crippen molar-refractivity contribution in [3.8, 4) is 0 Å². The Morgan fingerprint density at radius 3 is 2.42 bits per heavy atom. The first-order valence-electron chi connectivity index (χ1n) is 7.17. The normalized spacial score (nSPS) is 12.9. The minimum Gasteiger partial charge on any atom is -0.316 e. The number of rotatable bonds is 8. The van der Waals surface area contributed by atoms with Crippen LogP contribution in [-0.2, 0) is 6.42 Å². The Labute approximate surface area is 127 Å². The Kier molecular flexibility index (Phi) is 7.82. The van der Waals surface area contributed by atoms with Crippen LogP contribution in [0.1, 0.15) is 39.2 Å². The molecule has 0 heterocycles. The Balaban J connectivity index is 2.54. The molecule has 0 aliphatic carbocycles. The standard InChI is InChI=1S/C16H25Cl2N/c1-4-5-14(11-19-10-12(2)3)8-13-6-7-15(17)16(18)9-13/h6-7,9,12,14,19H,4-5,8,10-11H2,1-3H3. The van der Waals surface area contributed by atoms with Crippen LogP contribution in [0.4, 0.5) is 0 Å². The van der Waals surface area contributed by atoms with Gasteiger partial charge in [-0.05, 0) is 55.5 Å². The van der Waals surface area contributed by atoms with Crippen molar-refractivity contribution in [2.24, 2.45) is 11.8 Å². The quantitative estimate of drug-likeness (QED) is 0.696. The van der Waals surface area contributed by atoms with Crippen LogP contribution < -0.4 is 5.32 Å². The Morgan fingerprint density at radius 2 is 1.84 bits per heavy atom. The molecule has 1 N–H and O–H groups in total. The summed E-state index contributed by atoms with van der Waals surface area (Å²) in [6.45, 7) is 8.87. The van der Waals surface area contributed by atoms with Crippen molar-refractivity contribution in [3.05, 3.63) is 33.8 Å². The van der Waals surface area contributed by atoms with Crippen molar-refractivity contribution in [1.29, 1.82) is 0 Å². The second-order valence-electron chi connectivity index (χ2n) is 5.66. The fourth-order valence-corrected chi connectivity index (χ4v) is 2.58. The molecular weight excluding hydrogens is 277 g/mol. The number of hydrogen-bond donors (Lipinski definition) is 1. The van der Waals surface area contributed by atoms with E-state index < -0.39 is 0 Å². The third-order valence-electron chi connectivity index (χ3n) is 3.19. The predicted molar refractivity (Wildman–Crippen MR) is 86.3 cm³/mol. The van der Waals surface area contributed by atoms with Gasteiger partial charge in [-0.3, -0.25) is 0 Å². The van der Waals surface area contributed by atoms with E-state index in [1.165, 1.54) is 18.4 Å². The SMILES string of the molecule is CCCC(CNCC(C)C)Cc1ccc(Cl)c(Cl)c1. The molecule has 0 saturated carbocycles. The topological polar surface area (TPSA) is 12.0 Å². The van der Waals surface area contributed by atoms with Crippen molar-refractivity contribution >= 4 is 23.2 Å². The van der Waals surface area contributed by atoms with E-state index in [2.05, 4.69) is 32.2 Å². The van der Waals surface area contributed by atoms with Gasteiger partial charge < -0.3 is 5.32 Å². The lowest BCUT2D eigenvalue weighted by Gasteiger charge is -2.18. The van der Waals surface area contributed by atoms with E-state index in [0.717, 1.165) is 19.5 Å². The lowest BCUT2D eigenvalue weighted by molar-refractivity contribution is 0.421. The molecule has 19 heavy (non-hydrogen) atoms. The van der Waals surface area contributed by atoms with Crippen molar-refractivity contribution in [3.63, 3.8) is 0 Å². The summed E-state index contributed by atoms with van der Waals surface area (Å²) in [6, 6.07) is 5.97. The van der Waals surface area contributed by atoms with E-state index in [1.54, 1.807) is 0 Å². The van der Waals surface area contributed by atoms with Crippen molar-refractivity contribution in [2.45, 2.75) is 40.0 Å². The first-order chi connectivity index (χ1) is 9.02. The summed E-state index contributed by atoms with van der Waals surface area (Å²) in [6.07, 6.45) is 3.52. The maximum absolute atomic E-state index is 6.07. The largest absolute Gasteiger partial charge is 0.316 e. The summed E-state index contributed by atoms with van der Waals surface area (Å²) in [5.41, 5.74) is 1.28. The molecule has 1 atom stereocenters. The van der Waals surface area contributed by atoms with E-state index in [4.69, 9.17) is 23.2 Å². The lowest BCUT2D eigenvalue weighted by Crippen LogP contribution is -2.27. The molecule has 0 amide bonds. The molecule has 0 aliphatic rings. The zero-order valence-corrected chi connectivity index (χ0v) is 13.7. The molecule has 0 bridgehead atoms. The third-order valence-corrected chi connectivity index (χ3v) is 3.93. The van der Waals surface area contributed by atoms with Gasteiger partial charge >= 0.3 is 0 Å². The summed E-state index contributed by atoms with van der Waals surface area (Å²) < 4.78 is 0. The Hall–Kier alpha value is -0.240. The summed E-state index contributed by atoms with van der Waals surface area (Å²) >= 11 is 12.0. The maximum atomic E-state index is 6.07. The number of nitrogens with one attached hydrogen (secondary N) is 1. The molecule has 0 aliphatic heterocycles. The van der Waals surface area contributed by atoms with Crippen LogP contribution in [0.2, 0.25) is 10.0 Å². The zero-order chi connectivity index (χ0) is 14.3. The average molecular weight is 302 g/mol. The van der Waals surface area contributed by atoms with Crippen LogP contribution in [0.5, 0.6) is 0 Å². The summed E-state index contributed by atoms with van der Waals surface area (Å²) in [7, 11) is 0. The second kappa shape index (κ2) is 8.84. The lowest BCUT2D eigenvalue weighted by atomic mass is 9.95. The van der Waals surface area contributed by atoms with Gasteiger partial charge in [0.05, 0.1) is 10.0 Å². The number of hydrogen-bond acceptors (Lipinski definition) is 1. The molecule has 0 radical (unpaired) electrons. The van der Waals surface area contributed by atoms with E-state index in [-0.39, 0.29) is 0 Å². The smallest absolute Gasteiger partial charge is 0.0595 e. The van der Waals surface area contributed by atoms with Crippen LogP contribution in [0.3, 0.4) is 0 Å². The molecule has 3 heteroatoms. The van der Waals surface area contributed by atoms with E-state index in [1.807, 2.05) is 12.1 Å². The molecule has 1 nitrogen and oxygen atoms in total. The van der Waals surface area contributed by atoms with E-state index in [0.29, 0.717) is 21.9 Å². The fraction of sp³-hybridized carbons (Fsp3) is 0.625. The van der Waals surface area contributed by atoms with Crippen LogP contribution >= 0.6 is 23.2 Å². The molecule has 1 aromatic rings. The highest BCUT2D eigenvalue weighted by molar-refractivity contribution is 6.42. The van der Waals surface area contributed by atoms with Gasteiger partial charge in [0.1, 0.15) is 0 Å². The molecule has 0 aromatic heterocycles. The number of halogens is 2. The van der Waals surface area contributed by atoms with Gasteiger partial charge in [0.15, 0.2) is 0 Å². The summed E-state index contributed by atoms with van der Waals surface area (Å²) in [4.78, 5) is 0. The molecule has 108 valence electrons. The van der Waals surface area contributed by atoms with Crippen LogP contribution in [0.15, 0.2) is 18.2 Å². The molecule has 1 unspecified atom stereocenters. The minimum absolute atomic E-state index is 0.635. The molecule has 0 spiro atoms. The first kappa shape index (κ1) is 16.8. The molecule has 0 fully saturated rings. The van der Waals surface area contributed by atoms with Crippen molar-refractivity contribution < 1.29 is 0 Å². The Morgan fingerprint density at radius 1 is 1.11 bits per heavy atom. The molecule has 1 aromatic carbocycles. The zero-order valence-electron chi connectivity index (χ0n) is 12.2. The van der Waals surface area contributed by atoms with Gasteiger partial charge in [0.2, 0.25) is 0 Å². The maximum Gasteiger partial charge on any atom is 0.0595 e. The molecule has 1 rings (SSSR count). The third kappa shape index (κ3) is 6.65. The van der Waals surface area contributed by atoms with E-state index >= 15 is 0 Å². The molecular formula is C16H25Cl2N. The highest BCUT2D eigenvalue weighted by Crippen LogP contribution is 2.24. The first-order valence-corrected chi connectivity index (χ1v) is 7.93. The fourth-order valence-electron chi connectivity index (χ4n) is 2.26. The summed E-state index contributed by atoms with van der Waals surface area (Å²) in [5, 5.41) is 4.85. The monoisotopic (exact) mass is 301 g/mol. The predicted octanol–water partition coefficient (Wildman–Crippen LogP) is 5.20. The molecule has 0 saturated heterocycles.